The van der Waals surface area contributed by atoms with Crippen LogP contribution in [0.15, 0.2) is 59.8 Å². The summed E-state index contributed by atoms with van der Waals surface area (Å²) < 4.78 is 2.16. The number of rotatable bonds is 5. The van der Waals surface area contributed by atoms with Crippen molar-refractivity contribution in [2.45, 2.75) is 31.2 Å². The third kappa shape index (κ3) is 3.07. The van der Waals surface area contributed by atoms with E-state index in [1.54, 1.807) is 11.8 Å². The standard InChI is InChI=1S/C18H19N3S/c1-3-17-19-20-18(21(17)16-11-5-4-6-12-16)22-13-15-10-8-7-9-14(15)2/h4-12H,3,13H2,1-2H3. The molecule has 1 heterocycles. The molecule has 0 aliphatic carbocycles. The van der Waals surface area contributed by atoms with E-state index in [4.69, 9.17) is 0 Å². The van der Waals surface area contributed by atoms with Gasteiger partial charge in [-0.05, 0) is 30.2 Å². The summed E-state index contributed by atoms with van der Waals surface area (Å²) in [4.78, 5) is 0. The minimum absolute atomic E-state index is 0.868. The number of aromatic nitrogens is 3. The summed E-state index contributed by atoms with van der Waals surface area (Å²) >= 11 is 1.73. The lowest BCUT2D eigenvalue weighted by molar-refractivity contribution is 0.836. The highest BCUT2D eigenvalue weighted by molar-refractivity contribution is 7.98. The van der Waals surface area contributed by atoms with Gasteiger partial charge in [0, 0.05) is 17.9 Å². The summed E-state index contributed by atoms with van der Waals surface area (Å²) in [6.07, 6.45) is 0.868. The van der Waals surface area contributed by atoms with Crippen molar-refractivity contribution in [3.8, 4) is 5.69 Å². The molecule has 0 unspecified atom stereocenters. The lowest BCUT2D eigenvalue weighted by Gasteiger charge is -2.10. The largest absolute Gasteiger partial charge is 0.274 e. The second kappa shape index (κ2) is 6.79. The number of nitrogens with zero attached hydrogens (tertiary/aromatic N) is 3. The Labute approximate surface area is 135 Å². The molecule has 0 bridgehead atoms. The van der Waals surface area contributed by atoms with E-state index in [1.165, 1.54) is 11.1 Å². The lowest BCUT2D eigenvalue weighted by atomic mass is 10.1. The fourth-order valence-electron chi connectivity index (χ4n) is 2.37. The maximum absolute atomic E-state index is 4.38. The zero-order chi connectivity index (χ0) is 15.4. The van der Waals surface area contributed by atoms with Crippen LogP contribution in [0, 0.1) is 6.92 Å². The predicted octanol–water partition coefficient (Wildman–Crippen LogP) is 4.43. The number of para-hydroxylation sites is 1. The molecule has 3 aromatic rings. The molecule has 0 aliphatic rings. The quantitative estimate of drug-likeness (QED) is 0.653. The molecule has 2 aromatic carbocycles. The van der Waals surface area contributed by atoms with Crippen molar-refractivity contribution < 1.29 is 0 Å². The van der Waals surface area contributed by atoms with Gasteiger partial charge in [0.25, 0.3) is 0 Å². The number of aryl methyl sites for hydroxylation is 2. The Kier molecular flexibility index (Phi) is 4.59. The van der Waals surface area contributed by atoms with Gasteiger partial charge in [0.05, 0.1) is 0 Å². The minimum Gasteiger partial charge on any atom is -0.274 e. The minimum atomic E-state index is 0.868. The fourth-order valence-corrected chi connectivity index (χ4v) is 3.42. The predicted molar refractivity (Wildman–Crippen MR) is 91.5 cm³/mol. The highest BCUT2D eigenvalue weighted by Gasteiger charge is 2.13. The fraction of sp³-hybridized carbons (Fsp3) is 0.222. The first-order valence-corrected chi connectivity index (χ1v) is 8.45. The molecule has 0 aliphatic heterocycles. The topological polar surface area (TPSA) is 30.7 Å². The van der Waals surface area contributed by atoms with Gasteiger partial charge in [-0.3, -0.25) is 4.57 Å². The van der Waals surface area contributed by atoms with Gasteiger partial charge in [-0.15, -0.1) is 10.2 Å². The third-order valence-corrected chi connectivity index (χ3v) is 4.63. The lowest BCUT2D eigenvalue weighted by Crippen LogP contribution is -2.01. The number of benzene rings is 2. The molecule has 4 heteroatoms. The van der Waals surface area contributed by atoms with Crippen LogP contribution in [0.3, 0.4) is 0 Å². The van der Waals surface area contributed by atoms with Gasteiger partial charge < -0.3 is 0 Å². The summed E-state index contributed by atoms with van der Waals surface area (Å²) in [5, 5.41) is 9.67. The van der Waals surface area contributed by atoms with Crippen molar-refractivity contribution in [1.29, 1.82) is 0 Å². The summed E-state index contributed by atoms with van der Waals surface area (Å²) in [6.45, 7) is 4.26. The van der Waals surface area contributed by atoms with Crippen LogP contribution in [0.1, 0.15) is 23.9 Å². The van der Waals surface area contributed by atoms with Crippen LogP contribution in [0.4, 0.5) is 0 Å². The molecule has 1 aromatic heterocycles. The second-order valence-corrected chi connectivity index (χ2v) is 6.08. The normalized spacial score (nSPS) is 10.8. The number of hydrogen-bond donors (Lipinski definition) is 0. The van der Waals surface area contributed by atoms with E-state index in [2.05, 4.69) is 65.0 Å². The number of thioether (sulfide) groups is 1. The SMILES string of the molecule is CCc1nnc(SCc2ccccc2C)n1-c1ccccc1. The summed E-state index contributed by atoms with van der Waals surface area (Å²) in [6, 6.07) is 18.8. The van der Waals surface area contributed by atoms with Gasteiger partial charge in [0.15, 0.2) is 5.16 Å². The van der Waals surface area contributed by atoms with E-state index < -0.39 is 0 Å². The number of hydrogen-bond acceptors (Lipinski definition) is 3. The Morgan fingerprint density at radius 1 is 0.955 bits per heavy atom. The van der Waals surface area contributed by atoms with E-state index in [0.29, 0.717) is 0 Å². The van der Waals surface area contributed by atoms with E-state index in [0.717, 1.165) is 28.8 Å². The maximum Gasteiger partial charge on any atom is 0.196 e. The summed E-state index contributed by atoms with van der Waals surface area (Å²) in [5.41, 5.74) is 3.78. The van der Waals surface area contributed by atoms with Gasteiger partial charge in [-0.25, -0.2) is 0 Å². The van der Waals surface area contributed by atoms with E-state index >= 15 is 0 Å². The average Bonchev–Trinajstić information content (AvgIpc) is 2.98. The molecule has 3 nitrogen and oxygen atoms in total. The van der Waals surface area contributed by atoms with E-state index in [9.17, 15) is 0 Å². The van der Waals surface area contributed by atoms with Crippen LogP contribution in [-0.2, 0) is 12.2 Å². The Morgan fingerprint density at radius 3 is 2.41 bits per heavy atom. The second-order valence-electron chi connectivity index (χ2n) is 5.14. The molecule has 0 saturated carbocycles. The van der Waals surface area contributed by atoms with Crippen molar-refractivity contribution in [1.82, 2.24) is 14.8 Å². The maximum atomic E-state index is 4.38. The monoisotopic (exact) mass is 309 g/mol. The molecule has 0 atom stereocenters. The van der Waals surface area contributed by atoms with Crippen LogP contribution in [0.2, 0.25) is 0 Å². The molecule has 112 valence electrons. The van der Waals surface area contributed by atoms with E-state index in [1.807, 2.05) is 18.2 Å². The van der Waals surface area contributed by atoms with Gasteiger partial charge >= 0.3 is 0 Å². The van der Waals surface area contributed by atoms with Crippen molar-refractivity contribution in [2.75, 3.05) is 0 Å². The van der Waals surface area contributed by atoms with Gasteiger partial charge in [-0.2, -0.15) is 0 Å². The smallest absolute Gasteiger partial charge is 0.196 e. The molecule has 0 saturated heterocycles. The molecule has 0 N–H and O–H groups in total. The first kappa shape index (κ1) is 14.9. The van der Waals surface area contributed by atoms with Crippen molar-refractivity contribution in [3.63, 3.8) is 0 Å². The van der Waals surface area contributed by atoms with Crippen LogP contribution in [0.25, 0.3) is 5.69 Å². The highest BCUT2D eigenvalue weighted by atomic mass is 32.2. The van der Waals surface area contributed by atoms with Crippen LogP contribution >= 0.6 is 11.8 Å². The van der Waals surface area contributed by atoms with Crippen molar-refractivity contribution in [3.05, 3.63) is 71.5 Å². The Hall–Kier alpha value is -2.07. The van der Waals surface area contributed by atoms with Crippen LogP contribution in [-0.4, -0.2) is 14.8 Å². The van der Waals surface area contributed by atoms with E-state index in [-0.39, 0.29) is 0 Å². The summed E-state index contributed by atoms with van der Waals surface area (Å²) in [5.74, 6) is 1.90. The van der Waals surface area contributed by atoms with Crippen molar-refractivity contribution >= 4 is 11.8 Å². The Balaban J connectivity index is 1.89. The molecule has 0 fully saturated rings. The van der Waals surface area contributed by atoms with Crippen LogP contribution < -0.4 is 0 Å². The van der Waals surface area contributed by atoms with Gasteiger partial charge in [0.2, 0.25) is 0 Å². The third-order valence-electron chi connectivity index (χ3n) is 3.65. The molecular weight excluding hydrogens is 290 g/mol. The molecule has 0 amide bonds. The zero-order valence-electron chi connectivity index (χ0n) is 12.9. The highest BCUT2D eigenvalue weighted by Crippen LogP contribution is 2.26. The first-order chi connectivity index (χ1) is 10.8. The zero-order valence-corrected chi connectivity index (χ0v) is 13.7. The van der Waals surface area contributed by atoms with Gasteiger partial charge in [0.1, 0.15) is 5.82 Å². The Morgan fingerprint density at radius 2 is 1.68 bits per heavy atom. The molecule has 0 radical (unpaired) electrons. The Bertz CT molecular complexity index is 750. The van der Waals surface area contributed by atoms with Gasteiger partial charge in [-0.1, -0.05) is 61.2 Å². The van der Waals surface area contributed by atoms with Crippen molar-refractivity contribution in [2.24, 2.45) is 0 Å². The molecule has 0 spiro atoms. The molecule has 22 heavy (non-hydrogen) atoms. The average molecular weight is 309 g/mol. The summed E-state index contributed by atoms with van der Waals surface area (Å²) in [7, 11) is 0. The van der Waals surface area contributed by atoms with Crippen LogP contribution in [0.5, 0.6) is 0 Å². The molecular formula is C18H19N3S. The molecule has 3 rings (SSSR count). The first-order valence-electron chi connectivity index (χ1n) is 7.46.